The van der Waals surface area contributed by atoms with Gasteiger partial charge >= 0.3 is 0 Å². The minimum absolute atomic E-state index is 0.177. The van der Waals surface area contributed by atoms with Gasteiger partial charge in [-0.3, -0.25) is 9.69 Å². The molecule has 1 aromatic carbocycles. The molecule has 0 spiro atoms. The summed E-state index contributed by atoms with van der Waals surface area (Å²) < 4.78 is 2.16. The van der Waals surface area contributed by atoms with Gasteiger partial charge in [0.25, 0.3) is 0 Å². The third-order valence-corrected chi connectivity index (χ3v) is 5.31. The molecule has 132 valence electrons. The fourth-order valence-corrected chi connectivity index (χ4v) is 3.99. The SMILES string of the molecule is CCc1nnc2n1CCN(C(=O)[C@H](c1ccccc1)N1CCCC1)C2. The van der Waals surface area contributed by atoms with Crippen LogP contribution in [0, 0.1) is 0 Å². The Balaban J connectivity index is 1.58. The molecule has 25 heavy (non-hydrogen) atoms. The Labute approximate surface area is 148 Å². The lowest BCUT2D eigenvalue weighted by molar-refractivity contribution is -0.138. The molecule has 3 heterocycles. The number of benzene rings is 1. The predicted octanol–water partition coefficient (Wildman–Crippen LogP) is 2.02. The van der Waals surface area contributed by atoms with E-state index in [1.807, 2.05) is 23.1 Å². The van der Waals surface area contributed by atoms with Crippen molar-refractivity contribution < 1.29 is 4.79 Å². The van der Waals surface area contributed by atoms with Crippen molar-refractivity contribution in [3.63, 3.8) is 0 Å². The van der Waals surface area contributed by atoms with E-state index in [1.54, 1.807) is 0 Å². The number of hydrogen-bond donors (Lipinski definition) is 0. The van der Waals surface area contributed by atoms with Gasteiger partial charge in [-0.25, -0.2) is 0 Å². The summed E-state index contributed by atoms with van der Waals surface area (Å²) in [5.41, 5.74) is 1.09. The molecule has 6 heteroatoms. The third kappa shape index (κ3) is 3.06. The number of carbonyl (C=O) groups excluding carboxylic acids is 1. The summed E-state index contributed by atoms with van der Waals surface area (Å²) in [7, 11) is 0. The Hall–Kier alpha value is -2.21. The molecule has 0 radical (unpaired) electrons. The summed E-state index contributed by atoms with van der Waals surface area (Å²) in [5.74, 6) is 2.12. The van der Waals surface area contributed by atoms with Crippen LogP contribution in [-0.2, 0) is 24.3 Å². The van der Waals surface area contributed by atoms with Crippen molar-refractivity contribution in [2.24, 2.45) is 0 Å². The van der Waals surface area contributed by atoms with Crippen LogP contribution in [0.25, 0.3) is 0 Å². The second-order valence-corrected chi connectivity index (χ2v) is 6.85. The first-order valence-corrected chi connectivity index (χ1v) is 9.26. The van der Waals surface area contributed by atoms with Crippen LogP contribution in [0.3, 0.4) is 0 Å². The van der Waals surface area contributed by atoms with Gasteiger partial charge in [-0.15, -0.1) is 10.2 Å². The molecule has 0 aliphatic carbocycles. The van der Waals surface area contributed by atoms with Crippen molar-refractivity contribution in [1.82, 2.24) is 24.6 Å². The number of nitrogens with zero attached hydrogens (tertiary/aromatic N) is 5. The molecule has 1 fully saturated rings. The first-order valence-electron chi connectivity index (χ1n) is 9.26. The molecule has 6 nitrogen and oxygen atoms in total. The highest BCUT2D eigenvalue weighted by molar-refractivity contribution is 5.83. The molecule has 1 amide bonds. The van der Waals surface area contributed by atoms with Gasteiger partial charge in [-0.1, -0.05) is 37.3 Å². The van der Waals surface area contributed by atoms with E-state index in [0.717, 1.165) is 49.8 Å². The number of hydrogen-bond acceptors (Lipinski definition) is 4. The molecule has 2 aliphatic heterocycles. The van der Waals surface area contributed by atoms with Gasteiger partial charge in [0.15, 0.2) is 5.82 Å². The van der Waals surface area contributed by atoms with Gasteiger partial charge in [0.1, 0.15) is 11.9 Å². The standard InChI is InChI=1S/C19H25N5O/c1-2-16-20-21-17-14-23(12-13-24(16)17)19(25)18(22-10-6-7-11-22)15-8-4-3-5-9-15/h3-5,8-9,18H,2,6-7,10-14H2,1H3/t18-/m0/s1. The Morgan fingerprint density at radius 3 is 2.56 bits per heavy atom. The van der Waals surface area contributed by atoms with Gasteiger partial charge in [-0.2, -0.15) is 0 Å². The highest BCUT2D eigenvalue weighted by Crippen LogP contribution is 2.28. The molecule has 2 aliphatic rings. The van der Waals surface area contributed by atoms with E-state index in [9.17, 15) is 4.79 Å². The Kier molecular flexibility index (Phi) is 4.53. The van der Waals surface area contributed by atoms with Crippen LogP contribution < -0.4 is 0 Å². The van der Waals surface area contributed by atoms with Crippen LogP contribution in [-0.4, -0.2) is 50.1 Å². The monoisotopic (exact) mass is 339 g/mol. The summed E-state index contributed by atoms with van der Waals surface area (Å²) >= 11 is 0. The van der Waals surface area contributed by atoms with Crippen LogP contribution in [0.2, 0.25) is 0 Å². The van der Waals surface area contributed by atoms with E-state index in [1.165, 1.54) is 12.8 Å². The van der Waals surface area contributed by atoms with Crippen molar-refractivity contribution in [1.29, 1.82) is 0 Å². The number of aryl methyl sites for hydroxylation is 1. The van der Waals surface area contributed by atoms with Crippen molar-refractivity contribution in [2.75, 3.05) is 19.6 Å². The lowest BCUT2D eigenvalue weighted by Gasteiger charge is -2.34. The maximum Gasteiger partial charge on any atom is 0.245 e. The fourth-order valence-electron chi connectivity index (χ4n) is 3.99. The lowest BCUT2D eigenvalue weighted by atomic mass is 10.0. The van der Waals surface area contributed by atoms with Crippen LogP contribution >= 0.6 is 0 Å². The normalized spacial score (nSPS) is 19.0. The van der Waals surface area contributed by atoms with Crippen LogP contribution in [0.4, 0.5) is 0 Å². The largest absolute Gasteiger partial charge is 0.332 e. The average molecular weight is 339 g/mol. The molecule has 1 atom stereocenters. The zero-order valence-electron chi connectivity index (χ0n) is 14.8. The number of amides is 1. The van der Waals surface area contributed by atoms with Gasteiger partial charge in [-0.05, 0) is 31.5 Å². The summed E-state index contributed by atoms with van der Waals surface area (Å²) in [6, 6.07) is 10.0. The van der Waals surface area contributed by atoms with Crippen molar-refractivity contribution in [3.8, 4) is 0 Å². The predicted molar refractivity (Wildman–Crippen MR) is 94.8 cm³/mol. The van der Waals surface area contributed by atoms with Crippen LogP contribution in [0.5, 0.6) is 0 Å². The Bertz CT molecular complexity index is 736. The minimum Gasteiger partial charge on any atom is -0.332 e. The maximum absolute atomic E-state index is 13.4. The summed E-state index contributed by atoms with van der Waals surface area (Å²) in [6.45, 7) is 6.16. The molecule has 1 saturated heterocycles. The number of carbonyl (C=O) groups is 1. The molecule has 2 aromatic rings. The third-order valence-electron chi connectivity index (χ3n) is 5.31. The van der Waals surface area contributed by atoms with E-state index in [-0.39, 0.29) is 11.9 Å². The van der Waals surface area contributed by atoms with E-state index in [4.69, 9.17) is 0 Å². The van der Waals surface area contributed by atoms with E-state index in [0.29, 0.717) is 6.54 Å². The zero-order valence-corrected chi connectivity index (χ0v) is 14.8. The van der Waals surface area contributed by atoms with E-state index >= 15 is 0 Å². The molecular weight excluding hydrogens is 314 g/mol. The highest BCUT2D eigenvalue weighted by Gasteiger charge is 2.34. The zero-order chi connectivity index (χ0) is 17.2. The molecule has 0 N–H and O–H groups in total. The van der Waals surface area contributed by atoms with Crippen LogP contribution in [0.15, 0.2) is 30.3 Å². The minimum atomic E-state index is -0.177. The van der Waals surface area contributed by atoms with Crippen LogP contribution in [0.1, 0.15) is 43.0 Å². The molecule has 4 rings (SSSR count). The number of rotatable bonds is 4. The fraction of sp³-hybridized carbons (Fsp3) is 0.526. The van der Waals surface area contributed by atoms with E-state index in [2.05, 4.69) is 38.7 Å². The Morgan fingerprint density at radius 2 is 1.84 bits per heavy atom. The molecule has 1 aromatic heterocycles. The Morgan fingerprint density at radius 1 is 1.08 bits per heavy atom. The van der Waals surface area contributed by atoms with Crippen molar-refractivity contribution in [3.05, 3.63) is 47.5 Å². The van der Waals surface area contributed by atoms with Crippen molar-refractivity contribution >= 4 is 5.91 Å². The second kappa shape index (κ2) is 6.96. The molecule has 0 bridgehead atoms. The van der Waals surface area contributed by atoms with Gasteiger partial charge in [0.2, 0.25) is 5.91 Å². The number of fused-ring (bicyclic) bond motifs is 1. The number of aromatic nitrogens is 3. The maximum atomic E-state index is 13.4. The van der Waals surface area contributed by atoms with Gasteiger partial charge in [0.05, 0.1) is 6.54 Å². The quantitative estimate of drug-likeness (QED) is 0.855. The average Bonchev–Trinajstić information content (AvgIpc) is 3.32. The van der Waals surface area contributed by atoms with Crippen molar-refractivity contribution in [2.45, 2.75) is 45.3 Å². The molecule has 0 saturated carbocycles. The lowest BCUT2D eigenvalue weighted by Crippen LogP contribution is -2.45. The van der Waals surface area contributed by atoms with Gasteiger partial charge in [0, 0.05) is 19.5 Å². The topological polar surface area (TPSA) is 54.3 Å². The summed E-state index contributed by atoms with van der Waals surface area (Å²) in [6.07, 6.45) is 3.22. The summed E-state index contributed by atoms with van der Waals surface area (Å²) in [4.78, 5) is 17.7. The molecular formula is C19H25N5O. The van der Waals surface area contributed by atoms with Gasteiger partial charge < -0.3 is 9.47 Å². The highest BCUT2D eigenvalue weighted by atomic mass is 16.2. The second-order valence-electron chi connectivity index (χ2n) is 6.85. The first kappa shape index (κ1) is 16.3. The number of likely N-dealkylation sites (tertiary alicyclic amines) is 1. The smallest absolute Gasteiger partial charge is 0.245 e. The summed E-state index contributed by atoms with van der Waals surface area (Å²) in [5, 5.41) is 8.55. The molecule has 0 unspecified atom stereocenters. The first-order chi connectivity index (χ1) is 12.3. The van der Waals surface area contributed by atoms with E-state index < -0.39 is 0 Å².